The molecule has 0 aromatic carbocycles. The van der Waals surface area contributed by atoms with Crippen LogP contribution in [-0.2, 0) is 4.79 Å². The Bertz CT molecular complexity index is 786. The van der Waals surface area contributed by atoms with E-state index in [9.17, 15) is 4.79 Å². The van der Waals surface area contributed by atoms with Gasteiger partial charge in [-0.15, -0.1) is 22.7 Å². The zero-order chi connectivity index (χ0) is 15.7. The van der Waals surface area contributed by atoms with E-state index >= 15 is 0 Å². The lowest BCUT2D eigenvalue weighted by Gasteiger charge is -2.12. The van der Waals surface area contributed by atoms with Gasteiger partial charge in [0.15, 0.2) is 5.13 Å². The smallest absolute Gasteiger partial charge is 0.248 e. The predicted octanol–water partition coefficient (Wildman–Crippen LogP) is 4.49. The molecule has 0 bridgehead atoms. The third-order valence-corrected chi connectivity index (χ3v) is 5.23. The quantitative estimate of drug-likeness (QED) is 0.765. The summed E-state index contributed by atoms with van der Waals surface area (Å²) in [6.45, 7) is 6.06. The van der Waals surface area contributed by atoms with Crippen molar-refractivity contribution in [2.75, 3.05) is 5.32 Å². The minimum absolute atomic E-state index is 0.0599. The normalized spacial score (nSPS) is 12.3. The lowest BCUT2D eigenvalue weighted by molar-refractivity contribution is -0.118. The van der Waals surface area contributed by atoms with Crippen molar-refractivity contribution in [1.82, 2.24) is 9.55 Å². The summed E-state index contributed by atoms with van der Waals surface area (Å²) in [7, 11) is 0. The highest BCUT2D eigenvalue weighted by molar-refractivity contribution is 7.14. The van der Waals surface area contributed by atoms with Crippen LogP contribution in [0.4, 0.5) is 5.13 Å². The van der Waals surface area contributed by atoms with Gasteiger partial charge in [-0.25, -0.2) is 4.98 Å². The van der Waals surface area contributed by atoms with Gasteiger partial charge in [-0.05, 0) is 39.0 Å². The molecule has 6 heteroatoms. The number of thiophene rings is 1. The third-order valence-electron chi connectivity index (χ3n) is 3.51. The highest BCUT2D eigenvalue weighted by Gasteiger charge is 2.16. The topological polar surface area (TPSA) is 46.9 Å². The molecular formula is C16H17N3OS2. The van der Waals surface area contributed by atoms with Gasteiger partial charge in [0.05, 0.1) is 5.69 Å². The van der Waals surface area contributed by atoms with E-state index in [1.54, 1.807) is 11.3 Å². The maximum atomic E-state index is 12.3. The molecule has 0 fully saturated rings. The van der Waals surface area contributed by atoms with Crippen LogP contribution >= 0.6 is 22.7 Å². The fourth-order valence-electron chi connectivity index (χ4n) is 2.29. The maximum Gasteiger partial charge on any atom is 0.248 e. The Morgan fingerprint density at radius 2 is 2.05 bits per heavy atom. The summed E-state index contributed by atoms with van der Waals surface area (Å²) >= 11 is 3.22. The van der Waals surface area contributed by atoms with Crippen molar-refractivity contribution in [2.24, 2.45) is 0 Å². The summed E-state index contributed by atoms with van der Waals surface area (Å²) in [4.78, 5) is 19.3. The number of amides is 1. The van der Waals surface area contributed by atoms with Crippen molar-refractivity contribution >= 4 is 33.7 Å². The first kappa shape index (κ1) is 15.0. The largest absolute Gasteiger partial charge is 0.342 e. The van der Waals surface area contributed by atoms with E-state index in [0.29, 0.717) is 5.13 Å². The average molecular weight is 331 g/mol. The molecule has 1 atom stereocenters. The molecule has 0 saturated heterocycles. The molecule has 114 valence electrons. The molecule has 3 rings (SSSR count). The van der Waals surface area contributed by atoms with Crippen molar-refractivity contribution in [1.29, 1.82) is 0 Å². The lowest BCUT2D eigenvalue weighted by Crippen LogP contribution is -2.22. The highest BCUT2D eigenvalue weighted by atomic mass is 32.1. The number of aryl methyl sites for hydroxylation is 2. The summed E-state index contributed by atoms with van der Waals surface area (Å²) in [5.74, 6) is -0.0599. The molecule has 3 heterocycles. The molecule has 3 aromatic heterocycles. The summed E-state index contributed by atoms with van der Waals surface area (Å²) in [5.41, 5.74) is 2.08. The van der Waals surface area contributed by atoms with E-state index < -0.39 is 0 Å². The van der Waals surface area contributed by atoms with Crippen LogP contribution in [0.25, 0.3) is 11.3 Å². The van der Waals surface area contributed by atoms with Crippen molar-refractivity contribution in [3.63, 3.8) is 0 Å². The van der Waals surface area contributed by atoms with E-state index in [1.165, 1.54) is 21.1 Å². The number of thiazole rings is 1. The van der Waals surface area contributed by atoms with Gasteiger partial charge in [-0.2, -0.15) is 0 Å². The SMILES string of the molecule is Cc1cc(-c2csc(NC(=O)C(C)n3cccc3)n2)c(C)s1. The standard InChI is InChI=1S/C16H17N3OS2/c1-10-8-13(12(3)22-10)14-9-21-16(17-14)18-15(20)11(2)19-6-4-5-7-19/h4-9,11H,1-3H3,(H,17,18,20). The van der Waals surface area contributed by atoms with E-state index in [0.717, 1.165) is 11.3 Å². The summed E-state index contributed by atoms with van der Waals surface area (Å²) < 4.78 is 1.87. The number of hydrogen-bond donors (Lipinski definition) is 1. The number of nitrogens with zero attached hydrogens (tertiary/aromatic N) is 2. The molecule has 0 aliphatic heterocycles. The molecular weight excluding hydrogens is 314 g/mol. The Hall–Kier alpha value is -1.92. The van der Waals surface area contributed by atoms with Gasteiger partial charge in [0.2, 0.25) is 5.91 Å². The molecule has 1 unspecified atom stereocenters. The minimum Gasteiger partial charge on any atom is -0.342 e. The van der Waals surface area contributed by atoms with E-state index in [1.807, 2.05) is 41.4 Å². The molecule has 4 nitrogen and oxygen atoms in total. The number of hydrogen-bond acceptors (Lipinski definition) is 4. The van der Waals surface area contributed by atoms with Crippen molar-refractivity contribution in [2.45, 2.75) is 26.8 Å². The molecule has 22 heavy (non-hydrogen) atoms. The van der Waals surface area contributed by atoms with Gasteiger partial charge in [-0.3, -0.25) is 4.79 Å². The zero-order valence-corrected chi connectivity index (χ0v) is 14.3. The van der Waals surface area contributed by atoms with Crippen LogP contribution in [0.2, 0.25) is 0 Å². The average Bonchev–Trinajstić information content (AvgIpc) is 3.19. The van der Waals surface area contributed by atoms with Crippen molar-refractivity contribution in [3.8, 4) is 11.3 Å². The molecule has 0 aliphatic rings. The fourth-order valence-corrected chi connectivity index (χ4v) is 3.94. The first-order chi connectivity index (χ1) is 10.5. The van der Waals surface area contributed by atoms with Crippen LogP contribution in [0.5, 0.6) is 0 Å². The first-order valence-electron chi connectivity index (χ1n) is 7.01. The van der Waals surface area contributed by atoms with Gasteiger partial charge in [0, 0.05) is 33.1 Å². The second-order valence-corrected chi connectivity index (χ2v) is 7.48. The van der Waals surface area contributed by atoms with E-state index in [4.69, 9.17) is 0 Å². The maximum absolute atomic E-state index is 12.3. The molecule has 0 spiro atoms. The van der Waals surface area contributed by atoms with Gasteiger partial charge in [-0.1, -0.05) is 0 Å². The Kier molecular flexibility index (Phi) is 4.13. The first-order valence-corrected chi connectivity index (χ1v) is 8.70. The van der Waals surface area contributed by atoms with Crippen LogP contribution in [0.3, 0.4) is 0 Å². The number of carbonyl (C=O) groups excluding carboxylic acids is 1. The summed E-state index contributed by atoms with van der Waals surface area (Å²) in [6.07, 6.45) is 3.77. The molecule has 0 aliphatic carbocycles. The van der Waals surface area contributed by atoms with Crippen molar-refractivity contribution in [3.05, 3.63) is 45.7 Å². The second kappa shape index (κ2) is 6.06. The molecule has 0 saturated carbocycles. The Morgan fingerprint density at radius 1 is 1.32 bits per heavy atom. The predicted molar refractivity (Wildman–Crippen MR) is 92.7 cm³/mol. The van der Waals surface area contributed by atoms with E-state index in [2.05, 4.69) is 30.2 Å². The van der Waals surface area contributed by atoms with Crippen LogP contribution in [-0.4, -0.2) is 15.5 Å². The number of rotatable bonds is 4. The minimum atomic E-state index is -0.257. The summed E-state index contributed by atoms with van der Waals surface area (Å²) in [5, 5.41) is 5.53. The fraction of sp³-hybridized carbons (Fsp3) is 0.250. The highest BCUT2D eigenvalue weighted by Crippen LogP contribution is 2.32. The third kappa shape index (κ3) is 2.98. The Labute approximate surface area is 137 Å². The van der Waals surface area contributed by atoms with Crippen LogP contribution < -0.4 is 5.32 Å². The lowest BCUT2D eigenvalue weighted by atomic mass is 10.2. The number of anilines is 1. The second-order valence-electron chi connectivity index (χ2n) is 5.16. The van der Waals surface area contributed by atoms with Crippen molar-refractivity contribution < 1.29 is 4.79 Å². The van der Waals surface area contributed by atoms with Gasteiger partial charge >= 0.3 is 0 Å². The number of nitrogens with one attached hydrogen (secondary N) is 1. The summed E-state index contributed by atoms with van der Waals surface area (Å²) in [6, 6.07) is 5.70. The number of aromatic nitrogens is 2. The molecule has 1 N–H and O–H groups in total. The van der Waals surface area contributed by atoms with Gasteiger partial charge in [0.25, 0.3) is 0 Å². The monoisotopic (exact) mass is 331 g/mol. The van der Waals surface area contributed by atoms with Crippen LogP contribution in [0.1, 0.15) is 22.7 Å². The van der Waals surface area contributed by atoms with Gasteiger partial charge in [0.1, 0.15) is 6.04 Å². The van der Waals surface area contributed by atoms with Gasteiger partial charge < -0.3 is 9.88 Å². The molecule has 0 radical (unpaired) electrons. The van der Waals surface area contributed by atoms with Crippen LogP contribution in [0, 0.1) is 13.8 Å². The zero-order valence-electron chi connectivity index (χ0n) is 12.7. The Morgan fingerprint density at radius 3 is 2.68 bits per heavy atom. The van der Waals surface area contributed by atoms with Crippen LogP contribution in [0.15, 0.2) is 36.0 Å². The Balaban J connectivity index is 1.74. The molecule has 1 amide bonds. The van der Waals surface area contributed by atoms with E-state index in [-0.39, 0.29) is 11.9 Å². The number of carbonyl (C=O) groups is 1. The molecule has 3 aromatic rings.